The zero-order valence-corrected chi connectivity index (χ0v) is 13.9. The van der Waals surface area contributed by atoms with Gasteiger partial charge in [-0.05, 0) is 44.1 Å². The quantitative estimate of drug-likeness (QED) is 0.636. The molecule has 0 aliphatic carbocycles. The van der Waals surface area contributed by atoms with Gasteiger partial charge in [0.15, 0.2) is 0 Å². The number of nitrogens with zero attached hydrogens (tertiary/aromatic N) is 1. The number of likely N-dealkylation sites (N-methyl/N-ethyl adjacent to an activating group) is 1. The molecule has 4 nitrogen and oxygen atoms in total. The first-order valence-electron chi connectivity index (χ1n) is 7.76. The van der Waals surface area contributed by atoms with Gasteiger partial charge in [-0.15, -0.1) is 0 Å². The van der Waals surface area contributed by atoms with Crippen LogP contribution in [0.4, 0.5) is 0 Å². The van der Waals surface area contributed by atoms with Crippen LogP contribution in [0.5, 0.6) is 5.75 Å². The second kappa shape index (κ2) is 10.6. The minimum absolute atomic E-state index is 0.350. The molecule has 1 rings (SSSR count). The Morgan fingerprint density at radius 1 is 1.19 bits per heavy atom. The Balaban J connectivity index is 2.60. The highest BCUT2D eigenvalue weighted by Crippen LogP contribution is 2.18. The van der Waals surface area contributed by atoms with Crippen LogP contribution >= 0.6 is 0 Å². The van der Waals surface area contributed by atoms with E-state index in [4.69, 9.17) is 9.47 Å². The van der Waals surface area contributed by atoms with Gasteiger partial charge in [0, 0.05) is 32.8 Å². The molecule has 0 radical (unpaired) electrons. The largest absolute Gasteiger partial charge is 0.497 e. The van der Waals surface area contributed by atoms with Crippen molar-refractivity contribution >= 4 is 0 Å². The fraction of sp³-hybridized carbons (Fsp3) is 0.647. The molecule has 1 N–H and O–H groups in total. The van der Waals surface area contributed by atoms with Gasteiger partial charge in [0.25, 0.3) is 0 Å². The minimum atomic E-state index is 0.350. The summed E-state index contributed by atoms with van der Waals surface area (Å²) in [4.78, 5) is 2.36. The molecule has 0 fully saturated rings. The van der Waals surface area contributed by atoms with E-state index >= 15 is 0 Å². The van der Waals surface area contributed by atoms with Crippen LogP contribution in [0.25, 0.3) is 0 Å². The summed E-state index contributed by atoms with van der Waals surface area (Å²) >= 11 is 0. The van der Waals surface area contributed by atoms with Crippen molar-refractivity contribution in [1.82, 2.24) is 10.2 Å². The van der Waals surface area contributed by atoms with Crippen molar-refractivity contribution in [2.45, 2.75) is 25.8 Å². The lowest BCUT2D eigenvalue weighted by Crippen LogP contribution is -2.34. The van der Waals surface area contributed by atoms with Gasteiger partial charge in [-0.3, -0.25) is 0 Å². The topological polar surface area (TPSA) is 33.7 Å². The molecule has 0 spiro atoms. The first kappa shape index (κ1) is 18.0. The maximum atomic E-state index is 5.23. The van der Waals surface area contributed by atoms with E-state index in [1.807, 2.05) is 12.1 Å². The maximum absolute atomic E-state index is 5.23. The van der Waals surface area contributed by atoms with E-state index in [0.29, 0.717) is 6.04 Å². The summed E-state index contributed by atoms with van der Waals surface area (Å²) in [5, 5.41) is 3.63. The molecule has 0 saturated heterocycles. The molecular weight excluding hydrogens is 264 g/mol. The molecule has 0 amide bonds. The van der Waals surface area contributed by atoms with E-state index in [1.54, 1.807) is 14.2 Å². The van der Waals surface area contributed by atoms with E-state index in [0.717, 1.165) is 44.8 Å². The number of hydrogen-bond donors (Lipinski definition) is 1. The van der Waals surface area contributed by atoms with E-state index in [2.05, 4.69) is 36.3 Å². The van der Waals surface area contributed by atoms with Crippen molar-refractivity contribution in [3.63, 3.8) is 0 Å². The Bertz CT molecular complexity index is 368. The molecule has 0 heterocycles. The monoisotopic (exact) mass is 294 g/mol. The molecule has 1 unspecified atom stereocenters. The Morgan fingerprint density at radius 3 is 2.48 bits per heavy atom. The minimum Gasteiger partial charge on any atom is -0.497 e. The number of benzene rings is 1. The first-order chi connectivity index (χ1) is 10.2. The average molecular weight is 294 g/mol. The van der Waals surface area contributed by atoms with E-state index < -0.39 is 0 Å². The predicted molar refractivity (Wildman–Crippen MR) is 88.0 cm³/mol. The normalized spacial score (nSPS) is 12.6. The standard InChI is InChI=1S/C17H30N2O2/c1-5-11-18-17(14-19(2)12-6-13-20-3)15-7-9-16(21-4)10-8-15/h7-10,17-18H,5-6,11-14H2,1-4H3. The molecule has 120 valence electrons. The molecule has 4 heteroatoms. The summed E-state index contributed by atoms with van der Waals surface area (Å²) in [7, 11) is 5.62. The highest BCUT2D eigenvalue weighted by molar-refractivity contribution is 5.29. The molecule has 21 heavy (non-hydrogen) atoms. The molecule has 0 aliphatic heterocycles. The average Bonchev–Trinajstić information content (AvgIpc) is 2.52. The lowest BCUT2D eigenvalue weighted by molar-refractivity contribution is 0.176. The molecular formula is C17H30N2O2. The van der Waals surface area contributed by atoms with Gasteiger partial charge in [-0.25, -0.2) is 0 Å². The highest BCUT2D eigenvalue weighted by atomic mass is 16.5. The molecule has 1 aromatic rings. The number of hydrogen-bond acceptors (Lipinski definition) is 4. The summed E-state index contributed by atoms with van der Waals surface area (Å²) in [5.74, 6) is 0.904. The van der Waals surface area contributed by atoms with Crippen LogP contribution in [-0.4, -0.2) is 52.4 Å². The molecule has 1 atom stereocenters. The Kier molecular flexibility index (Phi) is 9.06. The van der Waals surface area contributed by atoms with Crippen LogP contribution in [0.15, 0.2) is 24.3 Å². The van der Waals surface area contributed by atoms with Gasteiger partial charge in [0.2, 0.25) is 0 Å². The molecule has 0 saturated carbocycles. The first-order valence-corrected chi connectivity index (χ1v) is 7.76. The second-order valence-corrected chi connectivity index (χ2v) is 5.39. The SMILES string of the molecule is CCCNC(CN(C)CCCOC)c1ccc(OC)cc1. The van der Waals surface area contributed by atoms with Crippen LogP contribution in [0, 0.1) is 0 Å². The fourth-order valence-electron chi connectivity index (χ4n) is 2.32. The number of methoxy groups -OCH3 is 2. The third kappa shape index (κ3) is 6.93. The van der Waals surface area contributed by atoms with Crippen molar-refractivity contribution in [3.8, 4) is 5.75 Å². The lowest BCUT2D eigenvalue weighted by atomic mass is 10.1. The number of rotatable bonds is 11. The predicted octanol–water partition coefficient (Wildman–Crippen LogP) is 2.70. The van der Waals surface area contributed by atoms with Gasteiger partial charge < -0.3 is 19.7 Å². The van der Waals surface area contributed by atoms with E-state index in [9.17, 15) is 0 Å². The Morgan fingerprint density at radius 2 is 1.90 bits per heavy atom. The van der Waals surface area contributed by atoms with Crippen LogP contribution in [0.3, 0.4) is 0 Å². The molecule has 0 bridgehead atoms. The Labute approximate surface area is 129 Å². The van der Waals surface area contributed by atoms with E-state index in [1.165, 1.54) is 5.56 Å². The van der Waals surface area contributed by atoms with Crippen LogP contribution in [-0.2, 0) is 4.74 Å². The summed E-state index contributed by atoms with van der Waals surface area (Å²) in [6.07, 6.45) is 2.20. The van der Waals surface area contributed by atoms with Crippen molar-refractivity contribution < 1.29 is 9.47 Å². The van der Waals surface area contributed by atoms with Crippen molar-refractivity contribution in [2.24, 2.45) is 0 Å². The zero-order chi connectivity index (χ0) is 15.5. The van der Waals surface area contributed by atoms with Gasteiger partial charge in [-0.1, -0.05) is 19.1 Å². The molecule has 0 aromatic heterocycles. The summed E-state index contributed by atoms with van der Waals surface area (Å²) in [6, 6.07) is 8.70. The molecule has 1 aromatic carbocycles. The zero-order valence-electron chi connectivity index (χ0n) is 13.9. The van der Waals surface area contributed by atoms with Crippen molar-refractivity contribution in [1.29, 1.82) is 0 Å². The third-order valence-electron chi connectivity index (χ3n) is 3.54. The van der Waals surface area contributed by atoms with Crippen molar-refractivity contribution in [2.75, 3.05) is 47.5 Å². The summed E-state index contributed by atoms with van der Waals surface area (Å²) in [5.41, 5.74) is 1.31. The second-order valence-electron chi connectivity index (χ2n) is 5.39. The van der Waals surface area contributed by atoms with Crippen LogP contribution in [0.2, 0.25) is 0 Å². The lowest BCUT2D eigenvalue weighted by Gasteiger charge is -2.25. The van der Waals surface area contributed by atoms with Crippen LogP contribution in [0.1, 0.15) is 31.4 Å². The van der Waals surface area contributed by atoms with Gasteiger partial charge in [0.05, 0.1) is 7.11 Å². The maximum Gasteiger partial charge on any atom is 0.118 e. The van der Waals surface area contributed by atoms with Crippen LogP contribution < -0.4 is 10.1 Å². The number of nitrogens with one attached hydrogen (secondary N) is 1. The van der Waals surface area contributed by atoms with Gasteiger partial charge in [0.1, 0.15) is 5.75 Å². The van der Waals surface area contributed by atoms with Gasteiger partial charge in [-0.2, -0.15) is 0 Å². The smallest absolute Gasteiger partial charge is 0.118 e. The number of ether oxygens (including phenoxy) is 2. The van der Waals surface area contributed by atoms with Gasteiger partial charge >= 0.3 is 0 Å². The fourth-order valence-corrected chi connectivity index (χ4v) is 2.32. The Hall–Kier alpha value is -1.10. The summed E-state index contributed by atoms with van der Waals surface area (Å²) in [6.45, 7) is 6.09. The summed E-state index contributed by atoms with van der Waals surface area (Å²) < 4.78 is 10.3. The molecule has 0 aliphatic rings. The highest BCUT2D eigenvalue weighted by Gasteiger charge is 2.13. The van der Waals surface area contributed by atoms with E-state index in [-0.39, 0.29) is 0 Å². The van der Waals surface area contributed by atoms with Crippen molar-refractivity contribution in [3.05, 3.63) is 29.8 Å². The third-order valence-corrected chi connectivity index (χ3v) is 3.54.